The van der Waals surface area contributed by atoms with E-state index in [0.717, 1.165) is 32.2 Å². The molecule has 2 unspecified atom stereocenters. The van der Waals surface area contributed by atoms with Crippen molar-refractivity contribution in [1.82, 2.24) is 10.2 Å². The molecule has 0 bridgehead atoms. The largest absolute Gasteiger partial charge is 0.359 e. The minimum Gasteiger partial charge on any atom is -0.359 e. The van der Waals surface area contributed by atoms with Gasteiger partial charge in [-0.25, -0.2) is 0 Å². The maximum atomic E-state index is 12.8. The van der Waals surface area contributed by atoms with Gasteiger partial charge in [0.2, 0.25) is 5.91 Å². The predicted molar refractivity (Wildman–Crippen MR) is 87.3 cm³/mol. The minimum atomic E-state index is -0.251. The van der Waals surface area contributed by atoms with Crippen molar-refractivity contribution < 1.29 is 4.79 Å². The van der Waals surface area contributed by atoms with Crippen LogP contribution in [0.5, 0.6) is 0 Å². The molecule has 1 aromatic carbocycles. The van der Waals surface area contributed by atoms with Crippen molar-refractivity contribution in [2.75, 3.05) is 27.7 Å². The first-order valence-electron chi connectivity index (χ1n) is 8.02. The molecule has 3 nitrogen and oxygen atoms in total. The monoisotopic (exact) mass is 288 g/mol. The molecule has 2 rings (SSSR count). The molecule has 1 saturated carbocycles. The zero-order valence-electron chi connectivity index (χ0n) is 13.6. The van der Waals surface area contributed by atoms with Crippen LogP contribution >= 0.6 is 0 Å². The van der Waals surface area contributed by atoms with Crippen molar-refractivity contribution in [2.45, 2.75) is 38.0 Å². The van der Waals surface area contributed by atoms with Gasteiger partial charge < -0.3 is 10.2 Å². The molecule has 3 heteroatoms. The van der Waals surface area contributed by atoms with E-state index in [4.69, 9.17) is 0 Å². The second-order valence-corrected chi connectivity index (χ2v) is 6.50. The maximum Gasteiger partial charge on any atom is 0.226 e. The summed E-state index contributed by atoms with van der Waals surface area (Å²) in [6, 6.07) is 10.6. The number of rotatable bonds is 5. The number of nitrogens with zero attached hydrogens (tertiary/aromatic N) is 1. The summed E-state index contributed by atoms with van der Waals surface area (Å²) in [6.45, 7) is 0.955. The Kier molecular flexibility index (Phi) is 5.40. The molecule has 1 aliphatic rings. The van der Waals surface area contributed by atoms with E-state index < -0.39 is 0 Å². The lowest BCUT2D eigenvalue weighted by atomic mass is 9.61. The van der Waals surface area contributed by atoms with Crippen molar-refractivity contribution in [1.29, 1.82) is 0 Å². The molecule has 1 N–H and O–H groups in total. The Morgan fingerprint density at radius 3 is 2.62 bits per heavy atom. The van der Waals surface area contributed by atoms with Gasteiger partial charge in [-0.3, -0.25) is 4.79 Å². The van der Waals surface area contributed by atoms with Crippen LogP contribution in [0.2, 0.25) is 0 Å². The summed E-state index contributed by atoms with van der Waals surface area (Å²) in [5.74, 6) is 0.560. The number of carbonyl (C=O) groups is 1. The topological polar surface area (TPSA) is 32.3 Å². The summed E-state index contributed by atoms with van der Waals surface area (Å²) in [7, 11) is 5.94. The zero-order valence-corrected chi connectivity index (χ0v) is 13.6. The second-order valence-electron chi connectivity index (χ2n) is 6.50. The lowest BCUT2D eigenvalue weighted by Gasteiger charge is -2.43. The fourth-order valence-corrected chi connectivity index (χ4v) is 3.77. The van der Waals surface area contributed by atoms with Crippen LogP contribution in [-0.4, -0.2) is 38.5 Å². The predicted octanol–water partition coefficient (Wildman–Crippen LogP) is 3.03. The zero-order chi connectivity index (χ0) is 15.3. The molecule has 1 fully saturated rings. The van der Waals surface area contributed by atoms with E-state index >= 15 is 0 Å². The molecule has 21 heavy (non-hydrogen) atoms. The van der Waals surface area contributed by atoms with Crippen molar-refractivity contribution >= 4 is 5.91 Å². The quantitative estimate of drug-likeness (QED) is 0.903. The standard InChI is InChI=1S/C18H28N2O/c1-19-17(21)18(13-14-20(2)3)12-8-7-11-16(18)15-9-5-4-6-10-15/h4-6,9-10,16H,7-8,11-14H2,1-3H3,(H,19,21). The van der Waals surface area contributed by atoms with Crippen LogP contribution in [0.25, 0.3) is 0 Å². The van der Waals surface area contributed by atoms with Crippen molar-refractivity contribution in [3.63, 3.8) is 0 Å². The van der Waals surface area contributed by atoms with Crippen LogP contribution in [-0.2, 0) is 4.79 Å². The van der Waals surface area contributed by atoms with Crippen LogP contribution in [0, 0.1) is 5.41 Å². The Labute approximate surface area is 128 Å². The molecule has 0 aromatic heterocycles. The molecule has 0 saturated heterocycles. The summed E-state index contributed by atoms with van der Waals surface area (Å²) in [4.78, 5) is 14.9. The number of amides is 1. The second kappa shape index (κ2) is 7.08. The van der Waals surface area contributed by atoms with Gasteiger partial charge in [0.05, 0.1) is 5.41 Å². The lowest BCUT2D eigenvalue weighted by molar-refractivity contribution is -0.134. The molecular weight excluding hydrogens is 260 g/mol. The highest BCUT2D eigenvalue weighted by Crippen LogP contribution is 2.49. The fraction of sp³-hybridized carbons (Fsp3) is 0.611. The lowest BCUT2D eigenvalue weighted by Crippen LogP contribution is -2.47. The molecule has 2 atom stereocenters. The SMILES string of the molecule is CNC(=O)C1(CCN(C)C)CCCCC1c1ccccc1. The van der Waals surface area contributed by atoms with Gasteiger partial charge in [0.1, 0.15) is 0 Å². The Hall–Kier alpha value is -1.35. The molecule has 1 aromatic rings. The van der Waals surface area contributed by atoms with Gasteiger partial charge in [0.25, 0.3) is 0 Å². The first-order chi connectivity index (χ1) is 10.1. The highest BCUT2D eigenvalue weighted by atomic mass is 16.2. The molecule has 0 aliphatic heterocycles. The van der Waals surface area contributed by atoms with Gasteiger partial charge in [-0.15, -0.1) is 0 Å². The molecular formula is C18H28N2O. The third-order valence-corrected chi connectivity index (χ3v) is 4.92. The third kappa shape index (κ3) is 3.46. The van der Waals surface area contributed by atoms with Crippen molar-refractivity contribution in [2.24, 2.45) is 5.41 Å². The van der Waals surface area contributed by atoms with E-state index in [1.54, 1.807) is 7.05 Å². The van der Waals surface area contributed by atoms with Gasteiger partial charge in [0, 0.05) is 7.05 Å². The first kappa shape index (κ1) is 16.0. The number of hydrogen-bond acceptors (Lipinski definition) is 2. The van der Waals surface area contributed by atoms with E-state index in [0.29, 0.717) is 5.92 Å². The fourth-order valence-electron chi connectivity index (χ4n) is 3.77. The van der Waals surface area contributed by atoms with E-state index in [-0.39, 0.29) is 11.3 Å². The molecule has 1 amide bonds. The maximum absolute atomic E-state index is 12.8. The summed E-state index contributed by atoms with van der Waals surface area (Å²) in [5.41, 5.74) is 1.07. The minimum absolute atomic E-state index is 0.220. The molecule has 0 spiro atoms. The van der Waals surface area contributed by atoms with Crippen LogP contribution in [0.1, 0.15) is 43.6 Å². The van der Waals surface area contributed by atoms with Crippen LogP contribution in [0.3, 0.4) is 0 Å². The Bertz CT molecular complexity index is 458. The Balaban J connectivity index is 2.35. The van der Waals surface area contributed by atoms with Crippen molar-refractivity contribution in [3.8, 4) is 0 Å². The molecule has 0 radical (unpaired) electrons. The Morgan fingerprint density at radius 2 is 2.00 bits per heavy atom. The number of hydrogen-bond donors (Lipinski definition) is 1. The molecule has 0 heterocycles. The van der Waals surface area contributed by atoms with Gasteiger partial charge >= 0.3 is 0 Å². The van der Waals surface area contributed by atoms with Crippen molar-refractivity contribution in [3.05, 3.63) is 35.9 Å². The van der Waals surface area contributed by atoms with Crippen LogP contribution < -0.4 is 5.32 Å². The normalized spacial score (nSPS) is 25.8. The highest BCUT2D eigenvalue weighted by molar-refractivity contribution is 5.83. The third-order valence-electron chi connectivity index (χ3n) is 4.92. The first-order valence-corrected chi connectivity index (χ1v) is 8.02. The van der Waals surface area contributed by atoms with Crippen LogP contribution in [0.4, 0.5) is 0 Å². The van der Waals surface area contributed by atoms with Gasteiger partial charge in [-0.1, -0.05) is 43.2 Å². The summed E-state index contributed by atoms with van der Waals surface area (Å²) < 4.78 is 0. The van der Waals surface area contributed by atoms with Gasteiger partial charge in [-0.2, -0.15) is 0 Å². The highest BCUT2D eigenvalue weighted by Gasteiger charge is 2.46. The summed E-state index contributed by atoms with van der Waals surface area (Å²) in [5, 5.41) is 2.94. The average molecular weight is 288 g/mol. The van der Waals surface area contributed by atoms with Crippen LogP contribution in [0.15, 0.2) is 30.3 Å². The molecule has 1 aliphatic carbocycles. The summed E-state index contributed by atoms with van der Waals surface area (Å²) in [6.07, 6.45) is 5.43. The van der Waals surface area contributed by atoms with Gasteiger partial charge in [0.15, 0.2) is 0 Å². The van der Waals surface area contributed by atoms with E-state index in [1.807, 2.05) is 6.07 Å². The van der Waals surface area contributed by atoms with E-state index in [9.17, 15) is 4.79 Å². The number of carbonyl (C=O) groups excluding carboxylic acids is 1. The van der Waals surface area contributed by atoms with E-state index in [2.05, 4.69) is 48.6 Å². The average Bonchev–Trinajstić information content (AvgIpc) is 2.53. The number of benzene rings is 1. The summed E-state index contributed by atoms with van der Waals surface area (Å²) >= 11 is 0. The smallest absolute Gasteiger partial charge is 0.226 e. The van der Waals surface area contributed by atoms with Gasteiger partial charge in [-0.05, 0) is 51.4 Å². The van der Waals surface area contributed by atoms with E-state index in [1.165, 1.54) is 12.0 Å². The Morgan fingerprint density at radius 1 is 1.29 bits per heavy atom. The number of nitrogens with one attached hydrogen (secondary N) is 1. The molecule has 116 valence electrons.